The molecule has 3 heterocycles. The molecule has 222 valence electrons. The maximum Gasteiger partial charge on any atom is 0.306 e. The molecule has 2 aliphatic heterocycles. The van der Waals surface area contributed by atoms with Gasteiger partial charge in [-0.25, -0.2) is 4.98 Å². The van der Waals surface area contributed by atoms with Gasteiger partial charge in [0.2, 0.25) is 5.91 Å². The standard InChI is InChI=1S/C33H40N4O4S/c1-22-3-8-30(28(17-22)29-21-42-33(34-29)37-11-9-26(10-12-37)32(39)40)41-20-27-5-4-24(18-23(27)2)19-35-13-15-36(16-14-35)31(38)25-6-7-25/h3-5,8,17-18,21,25-26H,6-7,9-16,19-20H2,1-2H3,(H,39,40). The third kappa shape index (κ3) is 6.63. The van der Waals surface area contributed by atoms with Gasteiger partial charge in [0, 0.05) is 62.7 Å². The molecule has 0 atom stereocenters. The Bertz CT molecular complexity index is 1440. The van der Waals surface area contributed by atoms with Gasteiger partial charge in [-0.3, -0.25) is 14.5 Å². The molecule has 0 spiro atoms. The summed E-state index contributed by atoms with van der Waals surface area (Å²) in [6.07, 6.45) is 3.45. The number of carboxylic acids is 1. The number of anilines is 1. The fourth-order valence-electron chi connectivity index (χ4n) is 5.97. The van der Waals surface area contributed by atoms with E-state index >= 15 is 0 Å². The molecule has 0 unspecified atom stereocenters. The molecule has 2 saturated heterocycles. The van der Waals surface area contributed by atoms with Gasteiger partial charge in [-0.1, -0.05) is 29.8 Å². The summed E-state index contributed by atoms with van der Waals surface area (Å²) >= 11 is 1.60. The average Bonchev–Trinajstić information content (AvgIpc) is 3.73. The molecule has 6 rings (SSSR count). The third-order valence-corrected chi connectivity index (χ3v) is 9.73. The number of thiazole rings is 1. The minimum absolute atomic E-state index is 0.255. The van der Waals surface area contributed by atoms with Crippen LogP contribution in [0.4, 0.5) is 5.13 Å². The Balaban J connectivity index is 1.07. The summed E-state index contributed by atoms with van der Waals surface area (Å²) in [6.45, 7) is 10.6. The van der Waals surface area contributed by atoms with Gasteiger partial charge in [-0.2, -0.15) is 0 Å². The zero-order chi connectivity index (χ0) is 29.2. The SMILES string of the molecule is Cc1ccc(OCc2ccc(CN3CCN(C(=O)C4CC4)CC3)cc2C)c(-c2csc(N3CCC(C(=O)O)CC3)n2)c1. The minimum Gasteiger partial charge on any atom is -0.488 e. The van der Waals surface area contributed by atoms with E-state index in [1.165, 1.54) is 11.1 Å². The number of benzene rings is 2. The predicted molar refractivity (Wildman–Crippen MR) is 165 cm³/mol. The largest absolute Gasteiger partial charge is 0.488 e. The number of rotatable bonds is 9. The normalized spacial score (nSPS) is 18.3. The first kappa shape index (κ1) is 28.7. The van der Waals surface area contributed by atoms with Crippen LogP contribution >= 0.6 is 11.3 Å². The quantitative estimate of drug-likeness (QED) is 0.360. The molecule has 8 nitrogen and oxygen atoms in total. The molecular formula is C33H40N4O4S. The lowest BCUT2D eigenvalue weighted by Gasteiger charge is -2.35. The second kappa shape index (κ2) is 12.4. The molecule has 3 aliphatic rings. The van der Waals surface area contributed by atoms with Crippen LogP contribution in [0.25, 0.3) is 11.3 Å². The number of ether oxygens (including phenoxy) is 1. The fourth-order valence-corrected chi connectivity index (χ4v) is 6.85. The van der Waals surface area contributed by atoms with Crippen LogP contribution in [0.2, 0.25) is 0 Å². The zero-order valence-corrected chi connectivity index (χ0v) is 25.4. The Morgan fingerprint density at radius 3 is 2.40 bits per heavy atom. The lowest BCUT2D eigenvalue weighted by Crippen LogP contribution is -2.48. The van der Waals surface area contributed by atoms with Gasteiger partial charge < -0.3 is 19.6 Å². The van der Waals surface area contributed by atoms with Crippen molar-refractivity contribution in [3.05, 3.63) is 64.0 Å². The number of aromatic nitrogens is 1. The van der Waals surface area contributed by atoms with Gasteiger partial charge >= 0.3 is 5.97 Å². The molecule has 3 fully saturated rings. The van der Waals surface area contributed by atoms with E-state index < -0.39 is 5.97 Å². The number of hydrogen-bond donors (Lipinski definition) is 1. The Hall–Kier alpha value is -3.43. The summed E-state index contributed by atoms with van der Waals surface area (Å²) in [5, 5.41) is 12.3. The number of carboxylic acid groups (broad SMARTS) is 1. The van der Waals surface area contributed by atoms with E-state index in [2.05, 4.69) is 64.3 Å². The molecule has 2 aromatic carbocycles. The Labute approximate surface area is 251 Å². The third-order valence-electron chi connectivity index (χ3n) is 8.82. The summed E-state index contributed by atoms with van der Waals surface area (Å²) in [4.78, 5) is 35.3. The summed E-state index contributed by atoms with van der Waals surface area (Å²) in [6, 6.07) is 12.8. The number of hydrogen-bond acceptors (Lipinski definition) is 7. The highest BCUT2D eigenvalue weighted by atomic mass is 32.1. The van der Waals surface area contributed by atoms with E-state index in [0.717, 1.165) is 78.8 Å². The molecule has 1 N–H and O–H groups in total. The van der Waals surface area contributed by atoms with Crippen LogP contribution in [0.15, 0.2) is 41.8 Å². The minimum atomic E-state index is -0.697. The molecule has 42 heavy (non-hydrogen) atoms. The van der Waals surface area contributed by atoms with Crippen molar-refractivity contribution < 1.29 is 19.4 Å². The van der Waals surface area contributed by atoms with Crippen molar-refractivity contribution in [3.63, 3.8) is 0 Å². The smallest absolute Gasteiger partial charge is 0.306 e. The number of piperazine rings is 1. The maximum atomic E-state index is 12.4. The van der Waals surface area contributed by atoms with Crippen molar-refractivity contribution in [2.24, 2.45) is 11.8 Å². The lowest BCUT2D eigenvalue weighted by molar-refractivity contribution is -0.142. The number of carbonyl (C=O) groups is 2. The Kier molecular flexibility index (Phi) is 8.49. The van der Waals surface area contributed by atoms with Crippen molar-refractivity contribution in [1.29, 1.82) is 0 Å². The van der Waals surface area contributed by atoms with Crippen molar-refractivity contribution >= 4 is 28.3 Å². The topological polar surface area (TPSA) is 86.2 Å². The van der Waals surface area contributed by atoms with Gasteiger partial charge in [0.05, 0.1) is 11.6 Å². The highest BCUT2D eigenvalue weighted by molar-refractivity contribution is 7.14. The van der Waals surface area contributed by atoms with E-state index in [9.17, 15) is 14.7 Å². The predicted octanol–water partition coefficient (Wildman–Crippen LogP) is 5.36. The van der Waals surface area contributed by atoms with E-state index in [1.807, 2.05) is 6.07 Å². The Morgan fingerprint density at radius 1 is 0.952 bits per heavy atom. The number of aryl methyl sites for hydroxylation is 2. The summed E-state index contributed by atoms with van der Waals surface area (Å²) in [5.74, 6) is 0.522. The van der Waals surface area contributed by atoms with Crippen molar-refractivity contribution in [2.75, 3.05) is 44.2 Å². The van der Waals surface area contributed by atoms with Gasteiger partial charge in [-0.15, -0.1) is 11.3 Å². The molecule has 1 amide bonds. The first-order valence-electron chi connectivity index (χ1n) is 15.1. The van der Waals surface area contributed by atoms with Crippen LogP contribution in [-0.2, 0) is 22.7 Å². The van der Waals surface area contributed by atoms with Gasteiger partial charge in [-0.05, 0) is 68.4 Å². The van der Waals surface area contributed by atoms with E-state index in [-0.39, 0.29) is 5.92 Å². The van der Waals surface area contributed by atoms with Crippen molar-refractivity contribution in [1.82, 2.24) is 14.8 Å². The number of carbonyl (C=O) groups excluding carboxylic acids is 1. The molecule has 0 bridgehead atoms. The summed E-state index contributed by atoms with van der Waals surface area (Å²) in [5.41, 5.74) is 6.67. The maximum absolute atomic E-state index is 12.4. The number of nitrogens with zero attached hydrogens (tertiary/aromatic N) is 4. The van der Waals surface area contributed by atoms with Crippen LogP contribution < -0.4 is 9.64 Å². The van der Waals surface area contributed by atoms with Gasteiger partial charge in [0.1, 0.15) is 12.4 Å². The molecular weight excluding hydrogens is 548 g/mol. The highest BCUT2D eigenvalue weighted by Crippen LogP contribution is 2.36. The average molecular weight is 589 g/mol. The molecule has 0 radical (unpaired) electrons. The second-order valence-corrected chi connectivity index (χ2v) is 12.9. The number of aliphatic carboxylic acids is 1. The number of piperidine rings is 1. The van der Waals surface area contributed by atoms with E-state index in [1.54, 1.807) is 11.3 Å². The molecule has 1 saturated carbocycles. The molecule has 1 aromatic heterocycles. The molecule has 3 aromatic rings. The van der Waals surface area contributed by atoms with E-state index in [0.29, 0.717) is 44.4 Å². The van der Waals surface area contributed by atoms with E-state index in [4.69, 9.17) is 9.72 Å². The monoisotopic (exact) mass is 588 g/mol. The molecule has 9 heteroatoms. The van der Waals surface area contributed by atoms with Crippen LogP contribution in [0, 0.1) is 25.7 Å². The van der Waals surface area contributed by atoms with Crippen molar-refractivity contribution in [2.45, 2.75) is 52.7 Å². The second-order valence-electron chi connectivity index (χ2n) is 12.0. The summed E-state index contributed by atoms with van der Waals surface area (Å²) < 4.78 is 6.39. The fraction of sp³-hybridized carbons (Fsp3) is 0.485. The van der Waals surface area contributed by atoms with Crippen LogP contribution in [-0.4, -0.2) is 71.0 Å². The van der Waals surface area contributed by atoms with Crippen molar-refractivity contribution in [3.8, 4) is 17.0 Å². The van der Waals surface area contributed by atoms with Crippen LogP contribution in [0.5, 0.6) is 5.75 Å². The highest BCUT2D eigenvalue weighted by Gasteiger charge is 2.34. The Morgan fingerprint density at radius 2 is 1.71 bits per heavy atom. The molecule has 1 aliphatic carbocycles. The lowest BCUT2D eigenvalue weighted by atomic mass is 9.97. The van der Waals surface area contributed by atoms with Crippen LogP contribution in [0.1, 0.15) is 47.9 Å². The van der Waals surface area contributed by atoms with Gasteiger partial charge in [0.25, 0.3) is 0 Å². The van der Waals surface area contributed by atoms with Crippen LogP contribution in [0.3, 0.4) is 0 Å². The first-order valence-corrected chi connectivity index (χ1v) is 16.0. The number of amides is 1. The zero-order valence-electron chi connectivity index (χ0n) is 24.6. The summed E-state index contributed by atoms with van der Waals surface area (Å²) in [7, 11) is 0. The van der Waals surface area contributed by atoms with Gasteiger partial charge in [0.15, 0.2) is 5.13 Å². The first-order chi connectivity index (χ1) is 20.3.